The zero-order valence-corrected chi connectivity index (χ0v) is 18.8. The Hall–Kier alpha value is -3.38. The van der Waals surface area contributed by atoms with Crippen LogP contribution < -0.4 is 16.0 Å². The van der Waals surface area contributed by atoms with E-state index in [0.717, 1.165) is 45.9 Å². The van der Waals surface area contributed by atoms with Crippen molar-refractivity contribution >= 4 is 44.5 Å². The minimum atomic E-state index is -0.215. The Labute approximate surface area is 186 Å². The van der Waals surface area contributed by atoms with Gasteiger partial charge in [0, 0.05) is 35.4 Å². The second kappa shape index (κ2) is 8.78. The van der Waals surface area contributed by atoms with Crippen molar-refractivity contribution in [3.05, 3.63) is 71.1 Å². The van der Waals surface area contributed by atoms with Gasteiger partial charge in [0.15, 0.2) is 0 Å². The molecular weight excluding hydrogens is 404 g/mol. The Kier molecular flexibility index (Phi) is 5.91. The monoisotopic (exact) mass is 430 g/mol. The molecule has 0 radical (unpaired) electrons. The average molecular weight is 431 g/mol. The van der Waals surface area contributed by atoms with Gasteiger partial charge in [-0.05, 0) is 57.2 Å². The first-order chi connectivity index (χ1) is 15.0. The van der Waals surface area contributed by atoms with Crippen LogP contribution in [0.25, 0.3) is 21.5 Å². The zero-order valence-electron chi connectivity index (χ0n) is 18.0. The van der Waals surface area contributed by atoms with Crippen LogP contribution in [0.2, 0.25) is 0 Å². The van der Waals surface area contributed by atoms with Crippen LogP contribution in [0, 0.1) is 6.92 Å². The van der Waals surface area contributed by atoms with E-state index in [4.69, 9.17) is 10.7 Å². The highest BCUT2D eigenvalue weighted by Crippen LogP contribution is 2.34. The first kappa shape index (κ1) is 20.9. The molecule has 3 N–H and O–H groups in total. The summed E-state index contributed by atoms with van der Waals surface area (Å²) in [6, 6.07) is 20.0. The third-order valence-electron chi connectivity index (χ3n) is 5.40. The van der Waals surface area contributed by atoms with E-state index in [1.54, 1.807) is 0 Å². The van der Waals surface area contributed by atoms with Crippen LogP contribution in [-0.2, 0) is 0 Å². The van der Waals surface area contributed by atoms with Crippen LogP contribution >= 0.6 is 11.3 Å². The number of pyridine rings is 1. The van der Waals surface area contributed by atoms with Crippen molar-refractivity contribution in [2.75, 3.05) is 29.0 Å². The molecule has 0 spiro atoms. The Morgan fingerprint density at radius 3 is 2.32 bits per heavy atom. The molecule has 0 atom stereocenters. The van der Waals surface area contributed by atoms with E-state index in [-0.39, 0.29) is 5.91 Å². The summed E-state index contributed by atoms with van der Waals surface area (Å²) in [7, 11) is 0. The van der Waals surface area contributed by atoms with Gasteiger partial charge in [-0.15, -0.1) is 11.3 Å². The standard InChI is InChI=1S/C25H26N4OS/c1-4-29(5-2)19-12-10-18(11-13-19)27-24(30)23-22(26)20-14-15-21(28-25(20)31-23)17-8-6-16(3)7-9-17/h6-15H,4-5,26H2,1-3H3,(H,27,30). The van der Waals surface area contributed by atoms with Gasteiger partial charge >= 0.3 is 0 Å². The predicted molar refractivity (Wildman–Crippen MR) is 132 cm³/mol. The molecule has 2 aromatic heterocycles. The van der Waals surface area contributed by atoms with E-state index in [9.17, 15) is 4.79 Å². The van der Waals surface area contributed by atoms with E-state index < -0.39 is 0 Å². The largest absolute Gasteiger partial charge is 0.397 e. The highest BCUT2D eigenvalue weighted by atomic mass is 32.1. The van der Waals surface area contributed by atoms with Crippen molar-refractivity contribution in [3.8, 4) is 11.3 Å². The first-order valence-corrected chi connectivity index (χ1v) is 11.2. The van der Waals surface area contributed by atoms with Gasteiger partial charge in [0.2, 0.25) is 0 Å². The number of nitrogen functional groups attached to an aromatic ring is 1. The second-order valence-electron chi connectivity index (χ2n) is 7.43. The number of anilines is 3. The number of amides is 1. The fourth-order valence-corrected chi connectivity index (χ4v) is 4.57. The van der Waals surface area contributed by atoms with Crippen molar-refractivity contribution < 1.29 is 4.79 Å². The van der Waals surface area contributed by atoms with Gasteiger partial charge in [0.1, 0.15) is 9.71 Å². The molecule has 0 aliphatic rings. The molecule has 0 aliphatic carbocycles. The SMILES string of the molecule is CCN(CC)c1ccc(NC(=O)c2sc3nc(-c4ccc(C)cc4)ccc3c2N)cc1. The highest BCUT2D eigenvalue weighted by molar-refractivity contribution is 7.21. The molecule has 0 saturated heterocycles. The number of rotatable bonds is 6. The molecule has 0 fully saturated rings. The smallest absolute Gasteiger partial charge is 0.267 e. The van der Waals surface area contributed by atoms with Crippen molar-refractivity contribution in [2.24, 2.45) is 0 Å². The van der Waals surface area contributed by atoms with Gasteiger partial charge in [0.05, 0.1) is 11.4 Å². The van der Waals surface area contributed by atoms with Gasteiger partial charge in [0.25, 0.3) is 5.91 Å². The highest BCUT2D eigenvalue weighted by Gasteiger charge is 2.18. The molecule has 6 heteroatoms. The van der Waals surface area contributed by atoms with Crippen molar-refractivity contribution in [2.45, 2.75) is 20.8 Å². The first-order valence-electron chi connectivity index (χ1n) is 10.4. The molecule has 5 nitrogen and oxygen atoms in total. The molecule has 2 aromatic carbocycles. The fraction of sp³-hybridized carbons (Fsp3) is 0.200. The van der Waals surface area contributed by atoms with Gasteiger partial charge in [-0.3, -0.25) is 4.79 Å². The van der Waals surface area contributed by atoms with Crippen molar-refractivity contribution in [3.63, 3.8) is 0 Å². The maximum atomic E-state index is 12.9. The molecule has 4 rings (SSSR count). The number of aryl methyl sites for hydroxylation is 1. The summed E-state index contributed by atoms with van der Waals surface area (Å²) in [6.07, 6.45) is 0. The molecule has 31 heavy (non-hydrogen) atoms. The molecule has 2 heterocycles. The van der Waals surface area contributed by atoms with E-state index in [2.05, 4.69) is 55.3 Å². The van der Waals surface area contributed by atoms with Crippen LogP contribution in [0.1, 0.15) is 29.1 Å². The van der Waals surface area contributed by atoms with Crippen molar-refractivity contribution in [1.29, 1.82) is 0 Å². The van der Waals surface area contributed by atoms with E-state index >= 15 is 0 Å². The lowest BCUT2D eigenvalue weighted by Gasteiger charge is -2.21. The van der Waals surface area contributed by atoms with Gasteiger partial charge in [-0.1, -0.05) is 29.8 Å². The number of benzene rings is 2. The Bertz CT molecular complexity index is 1210. The lowest BCUT2D eigenvalue weighted by atomic mass is 10.1. The maximum Gasteiger partial charge on any atom is 0.267 e. The summed E-state index contributed by atoms with van der Waals surface area (Å²) in [4.78, 5) is 21.2. The van der Waals surface area contributed by atoms with Crippen LogP contribution in [0.4, 0.5) is 17.1 Å². The summed E-state index contributed by atoms with van der Waals surface area (Å²) in [5.74, 6) is -0.215. The number of fused-ring (bicyclic) bond motifs is 1. The Morgan fingerprint density at radius 1 is 1.00 bits per heavy atom. The van der Waals surface area contributed by atoms with Crippen molar-refractivity contribution in [1.82, 2.24) is 4.98 Å². The Balaban J connectivity index is 1.58. The molecule has 4 aromatic rings. The van der Waals surface area contributed by atoms with Gasteiger partial charge < -0.3 is 16.0 Å². The maximum absolute atomic E-state index is 12.9. The fourth-order valence-electron chi connectivity index (χ4n) is 3.58. The number of hydrogen-bond donors (Lipinski definition) is 2. The molecule has 0 saturated carbocycles. The molecule has 0 bridgehead atoms. The predicted octanol–water partition coefficient (Wildman–Crippen LogP) is 5.95. The molecular formula is C25H26N4OS. The van der Waals surface area contributed by atoms with E-state index in [0.29, 0.717) is 10.6 Å². The number of nitrogens with one attached hydrogen (secondary N) is 1. The third-order valence-corrected chi connectivity index (χ3v) is 6.52. The second-order valence-corrected chi connectivity index (χ2v) is 8.43. The number of aromatic nitrogens is 1. The number of hydrogen-bond acceptors (Lipinski definition) is 5. The van der Waals surface area contributed by atoms with E-state index in [1.807, 2.05) is 36.4 Å². The lowest BCUT2D eigenvalue weighted by Crippen LogP contribution is -2.21. The van der Waals surface area contributed by atoms with Gasteiger partial charge in [-0.2, -0.15) is 0 Å². The van der Waals surface area contributed by atoms with Crippen LogP contribution in [0.3, 0.4) is 0 Å². The third kappa shape index (κ3) is 4.25. The van der Waals surface area contributed by atoms with Gasteiger partial charge in [-0.25, -0.2) is 4.98 Å². The minimum absolute atomic E-state index is 0.215. The Morgan fingerprint density at radius 2 is 1.68 bits per heavy atom. The molecule has 1 amide bonds. The van der Waals surface area contributed by atoms with Crippen LogP contribution in [0.15, 0.2) is 60.7 Å². The lowest BCUT2D eigenvalue weighted by molar-refractivity contribution is 0.103. The summed E-state index contributed by atoms with van der Waals surface area (Å²) in [6.45, 7) is 8.20. The quantitative estimate of drug-likeness (QED) is 0.396. The normalized spacial score (nSPS) is 10.9. The zero-order chi connectivity index (χ0) is 22.0. The molecule has 0 unspecified atom stereocenters. The van der Waals surface area contributed by atoms with Crippen LogP contribution in [0.5, 0.6) is 0 Å². The topological polar surface area (TPSA) is 71.2 Å². The number of carbonyl (C=O) groups excluding carboxylic acids is 1. The van der Waals surface area contributed by atoms with E-state index in [1.165, 1.54) is 16.9 Å². The average Bonchev–Trinajstić information content (AvgIpc) is 3.12. The summed E-state index contributed by atoms with van der Waals surface area (Å²) < 4.78 is 0. The summed E-state index contributed by atoms with van der Waals surface area (Å²) in [5, 5.41) is 3.77. The molecule has 158 valence electrons. The summed E-state index contributed by atoms with van der Waals surface area (Å²) >= 11 is 1.32. The number of carbonyl (C=O) groups is 1. The number of nitrogens with zero attached hydrogens (tertiary/aromatic N) is 2. The minimum Gasteiger partial charge on any atom is -0.397 e. The summed E-state index contributed by atoms with van der Waals surface area (Å²) in [5.41, 5.74) is 11.8. The number of nitrogens with two attached hydrogens (primary N) is 1. The van der Waals surface area contributed by atoms with Crippen LogP contribution in [-0.4, -0.2) is 24.0 Å². The number of thiophene rings is 1. The molecule has 0 aliphatic heterocycles.